The van der Waals surface area contributed by atoms with Crippen molar-refractivity contribution in [2.24, 2.45) is 0 Å². The van der Waals surface area contributed by atoms with Gasteiger partial charge in [0.15, 0.2) is 5.12 Å². The first-order valence-corrected chi connectivity index (χ1v) is 6.76. The van der Waals surface area contributed by atoms with Crippen LogP contribution in [0.15, 0.2) is 12.3 Å². The number of hydrogen-bond acceptors (Lipinski definition) is 6. The molecule has 0 saturated carbocycles. The van der Waals surface area contributed by atoms with Gasteiger partial charge in [-0.3, -0.25) is 4.79 Å². The van der Waals surface area contributed by atoms with Crippen LogP contribution in [0.25, 0.3) is 0 Å². The first-order valence-electron chi connectivity index (χ1n) is 5.77. The molecule has 0 aliphatic heterocycles. The fraction of sp³-hybridized carbons (Fsp3) is 0.500. The number of thioether (sulfide) groups is 1. The van der Waals surface area contributed by atoms with Gasteiger partial charge in [-0.1, -0.05) is 11.8 Å². The van der Waals surface area contributed by atoms with Gasteiger partial charge in [0, 0.05) is 24.4 Å². The van der Waals surface area contributed by atoms with Crippen molar-refractivity contribution in [2.75, 3.05) is 12.9 Å². The van der Waals surface area contributed by atoms with Crippen LogP contribution >= 0.6 is 11.8 Å². The number of rotatable bonds is 5. The zero-order chi connectivity index (χ0) is 16.2. The summed E-state index contributed by atoms with van der Waals surface area (Å²) in [7, 11) is 1.05. The van der Waals surface area contributed by atoms with Crippen LogP contribution in [0, 0.1) is 0 Å². The van der Waals surface area contributed by atoms with Crippen LogP contribution < -0.4 is 4.74 Å². The summed E-state index contributed by atoms with van der Waals surface area (Å²) in [4.78, 5) is 14.2. The topological polar surface area (TPSA) is 79.7 Å². The maximum atomic E-state index is 12.8. The largest absolute Gasteiger partial charge is 0.481 e. The van der Waals surface area contributed by atoms with E-state index in [1.807, 2.05) is 0 Å². The van der Waals surface area contributed by atoms with Crippen LogP contribution in [0.2, 0.25) is 0 Å². The normalized spacial score (nSPS) is 14.6. The van der Waals surface area contributed by atoms with Gasteiger partial charge in [-0.2, -0.15) is 13.2 Å². The molecule has 0 spiro atoms. The van der Waals surface area contributed by atoms with Crippen molar-refractivity contribution in [3.05, 3.63) is 23.4 Å². The first kappa shape index (κ1) is 17.7. The average Bonchev–Trinajstić information content (AvgIpc) is 2.42. The zero-order valence-corrected chi connectivity index (χ0v) is 12.0. The Labute approximate surface area is 123 Å². The van der Waals surface area contributed by atoms with Crippen molar-refractivity contribution in [1.29, 1.82) is 0 Å². The van der Waals surface area contributed by atoms with Crippen LogP contribution in [0.5, 0.6) is 5.88 Å². The van der Waals surface area contributed by atoms with Crippen molar-refractivity contribution >= 4 is 16.9 Å². The van der Waals surface area contributed by atoms with Crippen molar-refractivity contribution < 1.29 is 32.9 Å². The Morgan fingerprint density at radius 1 is 1.48 bits per heavy atom. The minimum Gasteiger partial charge on any atom is -0.481 e. The van der Waals surface area contributed by atoms with Gasteiger partial charge in [-0.25, -0.2) is 4.98 Å². The third-order valence-corrected chi connectivity index (χ3v) is 3.45. The van der Waals surface area contributed by atoms with E-state index in [1.54, 1.807) is 0 Å². The summed E-state index contributed by atoms with van der Waals surface area (Å²) in [6.45, 7) is 1.28. The Morgan fingerprint density at radius 2 is 2.10 bits per heavy atom. The van der Waals surface area contributed by atoms with Crippen LogP contribution in [0.4, 0.5) is 13.2 Å². The fourth-order valence-corrected chi connectivity index (χ4v) is 2.10. The molecule has 1 aromatic rings. The fourth-order valence-electron chi connectivity index (χ4n) is 1.51. The number of pyridine rings is 1. The number of alkyl halides is 3. The summed E-state index contributed by atoms with van der Waals surface area (Å²) in [5.41, 5.74) is -1.35. The Balaban J connectivity index is 3.00. The van der Waals surface area contributed by atoms with E-state index in [0.717, 1.165) is 25.1 Å². The standard InChI is InChI=1S/C12H14F3NO4S/c1-6(17)21-5-9(18)10(19)7-3-8(12(13,14)15)11(20-2)16-4-7/h3-4,9-10,18-19H,5H2,1-2H3. The van der Waals surface area contributed by atoms with E-state index in [2.05, 4.69) is 9.72 Å². The molecule has 1 aromatic heterocycles. The molecule has 5 nitrogen and oxygen atoms in total. The highest BCUT2D eigenvalue weighted by atomic mass is 32.2. The number of methoxy groups -OCH3 is 1. The van der Waals surface area contributed by atoms with Gasteiger partial charge < -0.3 is 14.9 Å². The van der Waals surface area contributed by atoms with Gasteiger partial charge in [0.05, 0.1) is 13.2 Å². The van der Waals surface area contributed by atoms with Crippen LogP contribution in [0.3, 0.4) is 0 Å². The second-order valence-corrected chi connectivity index (χ2v) is 5.33. The molecule has 0 radical (unpaired) electrons. The summed E-state index contributed by atoms with van der Waals surface area (Å²) < 4.78 is 43.0. The number of hydrogen-bond donors (Lipinski definition) is 2. The molecule has 9 heteroatoms. The lowest BCUT2D eigenvalue weighted by Crippen LogP contribution is -2.22. The van der Waals surface area contributed by atoms with Gasteiger partial charge >= 0.3 is 6.18 Å². The predicted octanol–water partition coefficient (Wildman–Crippen LogP) is 1.78. The van der Waals surface area contributed by atoms with Crippen molar-refractivity contribution in [2.45, 2.75) is 25.3 Å². The van der Waals surface area contributed by atoms with Crippen molar-refractivity contribution in [1.82, 2.24) is 4.98 Å². The van der Waals surface area contributed by atoms with Gasteiger partial charge in [-0.15, -0.1) is 0 Å². The molecule has 2 unspecified atom stereocenters. The maximum absolute atomic E-state index is 12.8. The molecule has 0 saturated heterocycles. The molecule has 1 heterocycles. The van der Waals surface area contributed by atoms with E-state index in [1.165, 1.54) is 6.92 Å². The minimum absolute atomic E-state index is 0.135. The van der Waals surface area contributed by atoms with Crippen LogP contribution in [-0.2, 0) is 11.0 Å². The number of aromatic nitrogens is 1. The van der Waals surface area contributed by atoms with Crippen molar-refractivity contribution in [3.8, 4) is 5.88 Å². The smallest absolute Gasteiger partial charge is 0.421 e. The SMILES string of the molecule is COc1ncc(C(O)C(O)CSC(C)=O)cc1C(F)(F)F. The van der Waals surface area contributed by atoms with E-state index >= 15 is 0 Å². The lowest BCUT2D eigenvalue weighted by molar-refractivity contribution is -0.139. The molecule has 118 valence electrons. The van der Waals surface area contributed by atoms with Crippen molar-refractivity contribution in [3.63, 3.8) is 0 Å². The van der Waals surface area contributed by atoms with E-state index in [0.29, 0.717) is 6.07 Å². The molecule has 0 bridgehead atoms. The summed E-state index contributed by atoms with van der Waals surface area (Å²) in [5, 5.41) is 19.2. The highest BCUT2D eigenvalue weighted by Gasteiger charge is 2.36. The molecule has 2 atom stereocenters. The lowest BCUT2D eigenvalue weighted by Gasteiger charge is -2.19. The molecule has 21 heavy (non-hydrogen) atoms. The highest BCUT2D eigenvalue weighted by molar-refractivity contribution is 8.13. The monoisotopic (exact) mass is 325 g/mol. The van der Waals surface area contributed by atoms with Gasteiger partial charge in [-0.05, 0) is 6.07 Å². The molecular weight excluding hydrogens is 311 g/mol. The Morgan fingerprint density at radius 3 is 2.57 bits per heavy atom. The highest BCUT2D eigenvalue weighted by Crippen LogP contribution is 2.36. The van der Waals surface area contributed by atoms with Gasteiger partial charge in [0.1, 0.15) is 11.7 Å². The summed E-state index contributed by atoms with van der Waals surface area (Å²) in [6.07, 6.45) is -6.69. The summed E-state index contributed by atoms with van der Waals surface area (Å²) in [6, 6.07) is 0.665. The molecular formula is C12H14F3NO4S. The average molecular weight is 325 g/mol. The number of carbonyl (C=O) groups excluding carboxylic acids is 1. The summed E-state index contributed by atoms with van der Waals surface area (Å²) in [5.74, 6) is -0.754. The molecule has 0 amide bonds. The summed E-state index contributed by atoms with van der Waals surface area (Å²) >= 11 is 0.764. The number of ether oxygens (including phenoxy) is 1. The molecule has 0 aliphatic carbocycles. The Hall–Kier alpha value is -1.32. The van der Waals surface area contributed by atoms with Gasteiger partial charge in [0.25, 0.3) is 0 Å². The van der Waals surface area contributed by atoms with Crippen LogP contribution in [0.1, 0.15) is 24.2 Å². The number of aliphatic hydroxyl groups excluding tert-OH is 2. The zero-order valence-electron chi connectivity index (χ0n) is 11.2. The van der Waals surface area contributed by atoms with E-state index < -0.39 is 29.8 Å². The lowest BCUT2D eigenvalue weighted by atomic mass is 10.1. The van der Waals surface area contributed by atoms with E-state index in [9.17, 15) is 28.2 Å². The molecule has 0 aromatic carbocycles. The first-order chi connectivity index (χ1) is 9.66. The number of halogens is 3. The number of nitrogens with zero attached hydrogens (tertiary/aromatic N) is 1. The molecule has 0 fully saturated rings. The molecule has 0 aliphatic rings. The Kier molecular flexibility index (Phi) is 5.99. The minimum atomic E-state index is -4.70. The quantitative estimate of drug-likeness (QED) is 0.859. The number of carbonyl (C=O) groups is 1. The number of aliphatic hydroxyl groups is 2. The third-order valence-electron chi connectivity index (χ3n) is 2.53. The van der Waals surface area contributed by atoms with E-state index in [-0.39, 0.29) is 16.4 Å². The maximum Gasteiger partial charge on any atom is 0.421 e. The van der Waals surface area contributed by atoms with Crippen LogP contribution in [-0.4, -0.2) is 39.3 Å². The Bertz CT molecular complexity index is 510. The van der Waals surface area contributed by atoms with Gasteiger partial charge in [0.2, 0.25) is 5.88 Å². The van der Waals surface area contributed by atoms with E-state index in [4.69, 9.17) is 0 Å². The third kappa shape index (κ3) is 4.87. The second kappa shape index (κ2) is 7.10. The molecule has 2 N–H and O–H groups in total. The molecule has 1 rings (SSSR count). The second-order valence-electron chi connectivity index (χ2n) is 4.14. The predicted molar refractivity (Wildman–Crippen MR) is 69.9 cm³/mol.